The van der Waals surface area contributed by atoms with Gasteiger partial charge in [-0.1, -0.05) is 55.3 Å². The molecule has 2 saturated heterocycles. The van der Waals surface area contributed by atoms with Crippen molar-refractivity contribution in [3.63, 3.8) is 0 Å². The van der Waals surface area contributed by atoms with Crippen molar-refractivity contribution in [2.24, 2.45) is 0 Å². The normalized spacial score (nSPS) is 28.3. The lowest BCUT2D eigenvalue weighted by Crippen LogP contribution is -2.55. The molecule has 0 radical (unpaired) electrons. The van der Waals surface area contributed by atoms with Gasteiger partial charge in [0.05, 0.1) is 17.9 Å². The summed E-state index contributed by atoms with van der Waals surface area (Å²) in [6.07, 6.45) is 5.67. The van der Waals surface area contributed by atoms with Gasteiger partial charge >= 0.3 is 0 Å². The number of carbonyl (C=O) groups is 2. The molecule has 3 heterocycles. The highest BCUT2D eigenvalue weighted by molar-refractivity contribution is 6.10. The maximum Gasteiger partial charge on any atom is 0.244 e. The van der Waals surface area contributed by atoms with E-state index < -0.39 is 0 Å². The fourth-order valence-corrected chi connectivity index (χ4v) is 5.83. The third-order valence-electron chi connectivity index (χ3n) is 7.41. The van der Waals surface area contributed by atoms with Crippen LogP contribution in [0.1, 0.15) is 50.6 Å². The highest BCUT2D eigenvalue weighted by atomic mass is 16.2. The van der Waals surface area contributed by atoms with Gasteiger partial charge in [0.2, 0.25) is 11.8 Å². The van der Waals surface area contributed by atoms with Gasteiger partial charge in [-0.25, -0.2) is 0 Å². The van der Waals surface area contributed by atoms with Gasteiger partial charge < -0.3 is 10.6 Å². The van der Waals surface area contributed by atoms with Crippen LogP contribution in [0.25, 0.3) is 0 Å². The highest BCUT2D eigenvalue weighted by Crippen LogP contribution is 2.45. The van der Waals surface area contributed by atoms with Crippen molar-refractivity contribution in [2.75, 3.05) is 29.9 Å². The zero-order valence-corrected chi connectivity index (χ0v) is 18.7. The van der Waals surface area contributed by atoms with E-state index >= 15 is 0 Å². The van der Waals surface area contributed by atoms with E-state index in [0.717, 1.165) is 25.1 Å². The van der Waals surface area contributed by atoms with Crippen molar-refractivity contribution < 1.29 is 9.59 Å². The van der Waals surface area contributed by atoms with Crippen LogP contribution in [-0.4, -0.2) is 47.9 Å². The summed E-state index contributed by atoms with van der Waals surface area (Å²) in [5.41, 5.74) is 2.71. The van der Waals surface area contributed by atoms with E-state index in [9.17, 15) is 9.59 Å². The first-order chi connectivity index (χ1) is 15.5. The summed E-state index contributed by atoms with van der Waals surface area (Å²) in [5.74, 6) is -0.157. The van der Waals surface area contributed by atoms with E-state index in [1.165, 1.54) is 24.8 Å². The Morgan fingerprint density at radius 3 is 2.69 bits per heavy atom. The Morgan fingerprint density at radius 1 is 1.06 bits per heavy atom. The van der Waals surface area contributed by atoms with E-state index in [1.54, 1.807) is 4.90 Å². The first-order valence-corrected chi connectivity index (χ1v) is 11.8. The minimum atomic E-state index is -0.143. The number of hydrogen-bond donors (Lipinski definition) is 2. The van der Waals surface area contributed by atoms with Crippen molar-refractivity contribution in [1.29, 1.82) is 0 Å². The SMILES string of the molecule is C[C@]12C[C@@H](c3ccccc3)N(CC(=O)N3CC(=O)Nc4ccccc43)[C@H]1CCCCCN2. The second-order valence-electron chi connectivity index (χ2n) is 9.56. The van der Waals surface area contributed by atoms with E-state index in [2.05, 4.69) is 46.7 Å². The Balaban J connectivity index is 1.46. The fourth-order valence-electron chi connectivity index (χ4n) is 5.83. The van der Waals surface area contributed by atoms with Crippen molar-refractivity contribution in [1.82, 2.24) is 10.2 Å². The number of fused-ring (bicyclic) bond motifs is 2. The zero-order chi connectivity index (χ0) is 22.1. The van der Waals surface area contributed by atoms with E-state index in [1.807, 2.05) is 30.3 Å². The summed E-state index contributed by atoms with van der Waals surface area (Å²) < 4.78 is 0. The third kappa shape index (κ3) is 3.93. The van der Waals surface area contributed by atoms with Crippen molar-refractivity contribution in [3.05, 3.63) is 60.2 Å². The largest absolute Gasteiger partial charge is 0.323 e. The topological polar surface area (TPSA) is 64.7 Å². The average Bonchev–Trinajstić information content (AvgIpc) is 3.05. The Labute approximate surface area is 190 Å². The summed E-state index contributed by atoms with van der Waals surface area (Å²) in [5, 5.41) is 6.72. The fraction of sp³-hybridized carbons (Fsp3) is 0.462. The molecule has 5 rings (SSSR count). The smallest absolute Gasteiger partial charge is 0.244 e. The molecule has 6 heteroatoms. The lowest BCUT2D eigenvalue weighted by atomic mass is 9.85. The summed E-state index contributed by atoms with van der Waals surface area (Å²) in [6, 6.07) is 18.6. The first-order valence-electron chi connectivity index (χ1n) is 11.8. The molecule has 2 aromatic carbocycles. The van der Waals surface area contributed by atoms with Crippen LogP contribution in [0.3, 0.4) is 0 Å². The van der Waals surface area contributed by atoms with Gasteiger partial charge in [0.25, 0.3) is 0 Å². The molecule has 0 aromatic heterocycles. The average molecular weight is 433 g/mol. The van der Waals surface area contributed by atoms with Gasteiger partial charge in [0.15, 0.2) is 0 Å². The Bertz CT molecular complexity index is 994. The second kappa shape index (κ2) is 8.68. The van der Waals surface area contributed by atoms with Crippen LogP contribution in [0, 0.1) is 0 Å². The van der Waals surface area contributed by atoms with E-state index in [4.69, 9.17) is 0 Å². The molecule has 32 heavy (non-hydrogen) atoms. The lowest BCUT2D eigenvalue weighted by molar-refractivity contribution is -0.123. The van der Waals surface area contributed by atoms with Gasteiger partial charge in [-0.3, -0.25) is 19.4 Å². The molecule has 0 saturated carbocycles. The lowest BCUT2D eigenvalue weighted by Gasteiger charge is -2.39. The van der Waals surface area contributed by atoms with Crippen molar-refractivity contribution in [3.8, 4) is 0 Å². The van der Waals surface area contributed by atoms with Gasteiger partial charge in [-0.2, -0.15) is 0 Å². The molecular weight excluding hydrogens is 400 g/mol. The molecule has 3 atom stereocenters. The molecular formula is C26H32N4O2. The predicted molar refractivity (Wildman–Crippen MR) is 127 cm³/mol. The van der Waals surface area contributed by atoms with Gasteiger partial charge in [-0.15, -0.1) is 0 Å². The number of nitrogens with zero attached hydrogens (tertiary/aromatic N) is 2. The minimum absolute atomic E-state index is 0.0143. The summed E-state index contributed by atoms with van der Waals surface area (Å²) in [4.78, 5) is 30.0. The Morgan fingerprint density at radius 2 is 1.84 bits per heavy atom. The van der Waals surface area contributed by atoms with Crippen LogP contribution in [0.2, 0.25) is 0 Å². The molecule has 2 fully saturated rings. The molecule has 2 N–H and O–H groups in total. The molecule has 2 aromatic rings. The second-order valence-corrected chi connectivity index (χ2v) is 9.56. The molecule has 0 unspecified atom stereocenters. The molecule has 3 aliphatic heterocycles. The third-order valence-corrected chi connectivity index (χ3v) is 7.41. The molecule has 168 valence electrons. The van der Waals surface area contributed by atoms with Crippen LogP contribution >= 0.6 is 0 Å². The van der Waals surface area contributed by atoms with Crippen molar-refractivity contribution in [2.45, 2.75) is 56.7 Å². The van der Waals surface area contributed by atoms with Gasteiger partial charge in [-0.05, 0) is 50.4 Å². The van der Waals surface area contributed by atoms with Crippen molar-refractivity contribution >= 4 is 23.2 Å². The summed E-state index contributed by atoms with van der Waals surface area (Å²) in [6.45, 7) is 3.73. The highest BCUT2D eigenvalue weighted by Gasteiger charge is 2.50. The number of benzene rings is 2. The van der Waals surface area contributed by atoms with Crippen LogP contribution in [0.5, 0.6) is 0 Å². The number of hydrogen-bond acceptors (Lipinski definition) is 4. The number of likely N-dealkylation sites (tertiary alicyclic amines) is 1. The molecule has 6 nitrogen and oxygen atoms in total. The molecule has 2 amide bonds. The molecule has 0 aliphatic carbocycles. The van der Waals surface area contributed by atoms with Gasteiger partial charge in [0, 0.05) is 17.6 Å². The summed E-state index contributed by atoms with van der Waals surface area (Å²) in [7, 11) is 0. The maximum atomic E-state index is 13.7. The monoisotopic (exact) mass is 432 g/mol. The number of para-hydroxylation sites is 2. The number of carbonyl (C=O) groups excluding carboxylic acids is 2. The number of nitrogens with one attached hydrogen (secondary N) is 2. The summed E-state index contributed by atoms with van der Waals surface area (Å²) >= 11 is 0. The van der Waals surface area contributed by atoms with Crippen LogP contribution < -0.4 is 15.5 Å². The molecule has 3 aliphatic rings. The standard InChI is InChI=1S/C26H32N4O2/c1-26-16-22(19-10-4-2-5-11-19)29(23(26)14-6-3-9-15-27-26)18-25(32)30-17-24(31)28-20-12-7-8-13-21(20)30/h2,4-5,7-8,10-13,22-23,27H,3,6,9,14-18H2,1H3,(H,28,31)/t22-,23-,26-/m0/s1. The molecule has 0 spiro atoms. The van der Waals surface area contributed by atoms with Crippen LogP contribution in [-0.2, 0) is 9.59 Å². The Kier molecular flexibility index (Phi) is 5.74. The minimum Gasteiger partial charge on any atom is -0.323 e. The van der Waals surface area contributed by atoms with E-state index in [0.29, 0.717) is 12.2 Å². The zero-order valence-electron chi connectivity index (χ0n) is 18.7. The predicted octanol–water partition coefficient (Wildman–Crippen LogP) is 3.71. The van der Waals surface area contributed by atoms with Gasteiger partial charge in [0.1, 0.15) is 6.54 Å². The maximum absolute atomic E-state index is 13.7. The quantitative estimate of drug-likeness (QED) is 0.776. The van der Waals surface area contributed by atoms with Crippen LogP contribution in [0.15, 0.2) is 54.6 Å². The van der Waals surface area contributed by atoms with Crippen LogP contribution in [0.4, 0.5) is 11.4 Å². The number of anilines is 2. The number of amides is 2. The number of rotatable bonds is 3. The Hall–Kier alpha value is -2.70. The molecule has 0 bridgehead atoms. The van der Waals surface area contributed by atoms with E-state index in [-0.39, 0.29) is 36.0 Å². The first kappa shape index (κ1) is 21.2.